The number of anilines is 1. The molecule has 0 spiro atoms. The Labute approximate surface area is 104 Å². The zero-order valence-corrected chi connectivity index (χ0v) is 9.28. The molecule has 92 valence electrons. The second kappa shape index (κ2) is 3.38. The van der Waals surface area contributed by atoms with E-state index in [-0.39, 0.29) is 0 Å². The molecule has 0 amide bonds. The van der Waals surface area contributed by atoms with Crippen LogP contribution in [0.1, 0.15) is 0 Å². The van der Waals surface area contributed by atoms with Crippen molar-refractivity contribution in [3.63, 3.8) is 0 Å². The van der Waals surface area contributed by atoms with E-state index in [1.165, 1.54) is 15.5 Å². The third-order valence-electron chi connectivity index (χ3n) is 2.63. The minimum atomic E-state index is 0.371. The molecule has 0 aromatic carbocycles. The lowest BCUT2D eigenvalue weighted by Gasteiger charge is -2.03. The number of aromatic nitrogens is 10. The van der Waals surface area contributed by atoms with Gasteiger partial charge in [-0.3, -0.25) is 0 Å². The van der Waals surface area contributed by atoms with Gasteiger partial charge in [-0.05, 0) is 33.0 Å². The van der Waals surface area contributed by atoms with Crippen LogP contribution in [0.4, 0.5) is 5.69 Å². The van der Waals surface area contributed by atoms with Crippen LogP contribution in [0, 0.1) is 0 Å². The normalized spacial score (nSPS) is 11.4. The van der Waals surface area contributed by atoms with Crippen molar-refractivity contribution in [2.75, 3.05) is 5.73 Å². The maximum Gasteiger partial charge on any atom is 0.223 e. The number of nitrogen functional groups attached to an aromatic ring is 1. The fourth-order valence-corrected chi connectivity index (χ4v) is 1.72. The van der Waals surface area contributed by atoms with Gasteiger partial charge in [0.15, 0.2) is 5.65 Å². The van der Waals surface area contributed by atoms with Gasteiger partial charge in [0.25, 0.3) is 0 Å². The van der Waals surface area contributed by atoms with E-state index in [0.717, 1.165) is 0 Å². The smallest absolute Gasteiger partial charge is 0.223 e. The summed E-state index contributed by atoms with van der Waals surface area (Å²) in [6.07, 6.45) is 1.54. The van der Waals surface area contributed by atoms with Crippen LogP contribution < -0.4 is 5.73 Å². The largest absolute Gasteiger partial charge is 0.395 e. The van der Waals surface area contributed by atoms with Crippen molar-refractivity contribution in [2.45, 2.75) is 0 Å². The summed E-state index contributed by atoms with van der Waals surface area (Å²) in [6, 6.07) is 3.48. The van der Waals surface area contributed by atoms with Crippen LogP contribution in [-0.2, 0) is 0 Å². The van der Waals surface area contributed by atoms with Gasteiger partial charge in [0.05, 0.1) is 17.6 Å². The van der Waals surface area contributed by atoms with Crippen LogP contribution in [0.5, 0.6) is 0 Å². The first-order valence-electron chi connectivity index (χ1n) is 5.21. The Balaban J connectivity index is 1.99. The van der Waals surface area contributed by atoms with Crippen molar-refractivity contribution in [1.29, 1.82) is 0 Å². The number of nitrogens with two attached hydrogens (primary N) is 1. The van der Waals surface area contributed by atoms with Gasteiger partial charge >= 0.3 is 0 Å². The highest BCUT2D eigenvalue weighted by molar-refractivity contribution is 5.82. The summed E-state index contributed by atoms with van der Waals surface area (Å²) in [7, 11) is 0. The van der Waals surface area contributed by atoms with Gasteiger partial charge in [0.2, 0.25) is 5.65 Å². The fraction of sp³-hybridized carbons (Fsp3) is 0. The average molecular weight is 255 g/mol. The number of hydrogen-bond donors (Lipinski definition) is 1. The molecule has 0 atom stereocenters. The molecule has 0 fully saturated rings. The molecule has 0 aliphatic rings. The van der Waals surface area contributed by atoms with Gasteiger partial charge in [0, 0.05) is 5.56 Å². The minimum Gasteiger partial charge on any atom is -0.395 e. The number of nitrogens with zero attached hydrogens (tertiary/aromatic N) is 10. The highest BCUT2D eigenvalue weighted by Gasteiger charge is 2.12. The molecule has 2 N–H and O–H groups in total. The molecule has 11 heteroatoms. The van der Waals surface area contributed by atoms with Gasteiger partial charge in [-0.1, -0.05) is 0 Å². The molecule has 4 heterocycles. The van der Waals surface area contributed by atoms with Crippen LogP contribution in [-0.4, -0.2) is 50.5 Å². The molecule has 0 saturated heterocycles. The Morgan fingerprint density at radius 1 is 1.00 bits per heavy atom. The van der Waals surface area contributed by atoms with E-state index in [0.29, 0.717) is 28.2 Å². The highest BCUT2D eigenvalue weighted by atomic mass is 15.6. The summed E-state index contributed by atoms with van der Waals surface area (Å²) < 4.78 is 2.55. The zero-order valence-electron chi connectivity index (χ0n) is 9.28. The highest BCUT2D eigenvalue weighted by Crippen LogP contribution is 2.24. The van der Waals surface area contributed by atoms with Crippen LogP contribution in [0.2, 0.25) is 0 Å². The van der Waals surface area contributed by atoms with Gasteiger partial charge < -0.3 is 5.73 Å². The Hall–Kier alpha value is -3.24. The first-order valence-corrected chi connectivity index (χ1v) is 5.21. The monoisotopic (exact) mass is 255 g/mol. The van der Waals surface area contributed by atoms with Crippen molar-refractivity contribution in [1.82, 2.24) is 50.5 Å². The number of rotatable bonds is 1. The average Bonchev–Trinajstić information content (AvgIpc) is 3.07. The van der Waals surface area contributed by atoms with Crippen molar-refractivity contribution < 1.29 is 0 Å². The Kier molecular flexibility index (Phi) is 1.73. The number of hydrogen-bond acceptors (Lipinski definition) is 9. The summed E-state index contributed by atoms with van der Waals surface area (Å²) >= 11 is 0. The van der Waals surface area contributed by atoms with E-state index in [9.17, 15) is 0 Å². The molecule has 0 radical (unpaired) electrons. The van der Waals surface area contributed by atoms with Gasteiger partial charge in [0.1, 0.15) is 0 Å². The first kappa shape index (κ1) is 9.76. The molecule has 0 aliphatic carbocycles. The van der Waals surface area contributed by atoms with E-state index in [4.69, 9.17) is 5.73 Å². The summed E-state index contributed by atoms with van der Waals surface area (Å²) in [5, 5.41) is 30.3. The van der Waals surface area contributed by atoms with Gasteiger partial charge in [-0.15, -0.1) is 24.6 Å². The standard InChI is InChI=1S/C8H5N11/c9-7-4(3-10-19-8(7)12-15-17-19)5-1-2-6-11-14-16-18(6)13-5/h1-3H,9H2. The lowest BCUT2D eigenvalue weighted by atomic mass is 10.2. The molecule has 19 heavy (non-hydrogen) atoms. The predicted octanol–water partition coefficient (Wildman–Crippen LogP) is -1.40. The Bertz CT molecular complexity index is 890. The SMILES string of the molecule is Nc1c(-c2ccc3nnnn3n2)cnn2nnnc12. The van der Waals surface area contributed by atoms with Crippen molar-refractivity contribution >= 4 is 17.0 Å². The van der Waals surface area contributed by atoms with Crippen LogP contribution in [0.3, 0.4) is 0 Å². The van der Waals surface area contributed by atoms with E-state index in [1.807, 2.05) is 0 Å². The molecule has 11 nitrogen and oxygen atoms in total. The quantitative estimate of drug-likeness (QED) is 0.435. The second-order valence-electron chi connectivity index (χ2n) is 3.71. The van der Waals surface area contributed by atoms with Crippen LogP contribution in [0.15, 0.2) is 18.3 Å². The lowest BCUT2D eigenvalue weighted by molar-refractivity contribution is 0.729. The van der Waals surface area contributed by atoms with Gasteiger partial charge in [-0.25, -0.2) is 0 Å². The van der Waals surface area contributed by atoms with Crippen molar-refractivity contribution in [3.8, 4) is 11.3 Å². The second-order valence-corrected chi connectivity index (χ2v) is 3.71. The Morgan fingerprint density at radius 3 is 2.79 bits per heavy atom. The summed E-state index contributed by atoms with van der Waals surface area (Å²) in [4.78, 5) is 0. The molecule has 0 saturated carbocycles. The molecule has 0 bridgehead atoms. The van der Waals surface area contributed by atoms with Crippen molar-refractivity contribution in [2.24, 2.45) is 0 Å². The van der Waals surface area contributed by atoms with E-state index in [1.54, 1.807) is 12.1 Å². The van der Waals surface area contributed by atoms with E-state index < -0.39 is 0 Å². The topological polar surface area (TPSA) is 138 Å². The maximum atomic E-state index is 6.01. The molecular weight excluding hydrogens is 250 g/mol. The molecule has 0 unspecified atom stereocenters. The summed E-state index contributed by atoms with van der Waals surface area (Å²) in [6.45, 7) is 0. The third-order valence-corrected chi connectivity index (χ3v) is 2.63. The first-order chi connectivity index (χ1) is 9.33. The molecule has 0 aliphatic heterocycles. The van der Waals surface area contributed by atoms with Crippen LogP contribution in [0.25, 0.3) is 22.6 Å². The third kappa shape index (κ3) is 1.31. The maximum absolute atomic E-state index is 6.01. The summed E-state index contributed by atoms with van der Waals surface area (Å²) in [5.74, 6) is 0. The summed E-state index contributed by atoms with van der Waals surface area (Å²) in [5.41, 5.74) is 8.50. The lowest BCUT2D eigenvalue weighted by Crippen LogP contribution is -2.03. The van der Waals surface area contributed by atoms with Crippen molar-refractivity contribution in [3.05, 3.63) is 18.3 Å². The fourth-order valence-electron chi connectivity index (χ4n) is 1.72. The number of fused-ring (bicyclic) bond motifs is 2. The molecule has 4 rings (SSSR count). The zero-order chi connectivity index (χ0) is 12.8. The van der Waals surface area contributed by atoms with Gasteiger partial charge in [-0.2, -0.15) is 5.10 Å². The molecular formula is C8H5N11. The predicted molar refractivity (Wildman–Crippen MR) is 60.6 cm³/mol. The van der Waals surface area contributed by atoms with E-state index in [2.05, 4.69) is 41.2 Å². The molecule has 4 aromatic rings. The van der Waals surface area contributed by atoms with E-state index >= 15 is 0 Å². The minimum absolute atomic E-state index is 0.371. The number of tetrazole rings is 2. The molecule has 4 aromatic heterocycles. The van der Waals surface area contributed by atoms with Crippen LogP contribution >= 0.6 is 0 Å². The Morgan fingerprint density at radius 2 is 1.84 bits per heavy atom.